The Balaban J connectivity index is 2.45. The molecule has 0 spiro atoms. The molecule has 0 atom stereocenters. The van der Waals surface area contributed by atoms with E-state index in [-0.39, 0.29) is 17.6 Å². The van der Waals surface area contributed by atoms with Gasteiger partial charge in [0.1, 0.15) is 11.5 Å². The molecule has 0 aliphatic heterocycles. The molecule has 148 valence electrons. The van der Waals surface area contributed by atoms with Crippen LogP contribution in [0.5, 0.6) is 11.5 Å². The van der Waals surface area contributed by atoms with Gasteiger partial charge in [0.05, 0.1) is 11.7 Å². The summed E-state index contributed by atoms with van der Waals surface area (Å²) in [5, 5.41) is 13.9. The molecule has 0 aliphatic rings. The van der Waals surface area contributed by atoms with Crippen LogP contribution in [0.25, 0.3) is 6.08 Å². The van der Waals surface area contributed by atoms with Crippen LogP contribution in [-0.4, -0.2) is 24.0 Å². The highest BCUT2D eigenvalue weighted by atomic mass is 16.5. The van der Waals surface area contributed by atoms with Crippen LogP contribution in [-0.2, 0) is 5.41 Å². The smallest absolute Gasteiger partial charge is 0.185 e. The number of aromatic hydroxyl groups is 1. The predicted octanol–water partition coefficient (Wildman–Crippen LogP) is 5.58. The van der Waals surface area contributed by atoms with Crippen molar-refractivity contribution in [3.8, 4) is 11.5 Å². The zero-order chi connectivity index (χ0) is 20.9. The van der Waals surface area contributed by atoms with Crippen molar-refractivity contribution in [2.24, 2.45) is 0 Å². The van der Waals surface area contributed by atoms with Crippen molar-refractivity contribution in [3.63, 3.8) is 0 Å². The lowest BCUT2D eigenvalue weighted by atomic mass is 9.83. The van der Waals surface area contributed by atoms with Gasteiger partial charge in [-0.15, -0.1) is 6.58 Å². The summed E-state index contributed by atoms with van der Waals surface area (Å²) in [6.45, 7) is 11.6. The zero-order valence-corrected chi connectivity index (χ0v) is 17.2. The van der Waals surface area contributed by atoms with Gasteiger partial charge < -0.3 is 15.2 Å². The Kier molecular flexibility index (Phi) is 6.68. The van der Waals surface area contributed by atoms with Gasteiger partial charge in [-0.25, -0.2) is 0 Å². The van der Waals surface area contributed by atoms with Crippen molar-refractivity contribution in [2.45, 2.75) is 39.2 Å². The van der Waals surface area contributed by atoms with Gasteiger partial charge in [-0.2, -0.15) is 0 Å². The van der Waals surface area contributed by atoms with Gasteiger partial charge in [0.2, 0.25) is 0 Å². The van der Waals surface area contributed by atoms with E-state index in [0.717, 1.165) is 11.3 Å². The van der Waals surface area contributed by atoms with Crippen LogP contribution in [0.15, 0.2) is 55.1 Å². The molecule has 4 heteroatoms. The second kappa shape index (κ2) is 8.79. The minimum absolute atomic E-state index is 0.0606. The topological polar surface area (TPSA) is 58.6 Å². The van der Waals surface area contributed by atoms with E-state index in [1.54, 1.807) is 24.3 Å². The van der Waals surface area contributed by atoms with Crippen molar-refractivity contribution in [2.75, 3.05) is 12.4 Å². The van der Waals surface area contributed by atoms with Gasteiger partial charge in [0.15, 0.2) is 5.78 Å². The van der Waals surface area contributed by atoms with E-state index < -0.39 is 5.41 Å². The summed E-state index contributed by atoms with van der Waals surface area (Å²) < 4.78 is 5.84. The second-order valence-electron chi connectivity index (χ2n) is 7.49. The Bertz CT molecular complexity index is 877. The number of carbonyl (C=O) groups is 1. The maximum absolute atomic E-state index is 12.6. The fourth-order valence-corrected chi connectivity index (χ4v) is 2.79. The van der Waals surface area contributed by atoms with Crippen LogP contribution >= 0.6 is 0 Å². The minimum atomic E-state index is -0.421. The van der Waals surface area contributed by atoms with Crippen LogP contribution in [0.3, 0.4) is 0 Å². The summed E-state index contributed by atoms with van der Waals surface area (Å²) in [7, 11) is 1.83. The first-order valence-electron chi connectivity index (χ1n) is 9.36. The predicted molar refractivity (Wildman–Crippen MR) is 116 cm³/mol. The van der Waals surface area contributed by atoms with E-state index in [9.17, 15) is 9.90 Å². The molecule has 0 heterocycles. The maximum Gasteiger partial charge on any atom is 0.185 e. The number of benzene rings is 2. The molecule has 2 aromatic rings. The Hall–Kier alpha value is -3.01. The Labute approximate surface area is 167 Å². The van der Waals surface area contributed by atoms with E-state index in [2.05, 4.69) is 11.9 Å². The number of phenolic OH excluding ortho intramolecular Hbond substituents is 1. The van der Waals surface area contributed by atoms with Gasteiger partial charge >= 0.3 is 0 Å². The first kappa shape index (κ1) is 21.3. The molecule has 0 saturated heterocycles. The lowest BCUT2D eigenvalue weighted by Gasteiger charge is -2.24. The third-order valence-corrected chi connectivity index (χ3v) is 4.60. The average Bonchev–Trinajstić information content (AvgIpc) is 2.66. The summed E-state index contributed by atoms with van der Waals surface area (Å²) in [6.07, 6.45) is 4.80. The summed E-state index contributed by atoms with van der Waals surface area (Å²) in [4.78, 5) is 12.6. The molecule has 0 aliphatic carbocycles. The number of phenols is 1. The molecule has 2 aromatic carbocycles. The molecule has 0 radical (unpaired) electrons. The van der Waals surface area contributed by atoms with Crippen molar-refractivity contribution < 1.29 is 14.6 Å². The van der Waals surface area contributed by atoms with Crippen molar-refractivity contribution in [3.05, 3.63) is 71.8 Å². The largest absolute Gasteiger partial charge is 0.507 e. The van der Waals surface area contributed by atoms with E-state index in [1.165, 1.54) is 6.08 Å². The lowest BCUT2D eigenvalue weighted by molar-refractivity contribution is 0.104. The Morgan fingerprint density at radius 1 is 1.18 bits per heavy atom. The van der Waals surface area contributed by atoms with Crippen molar-refractivity contribution >= 4 is 17.5 Å². The highest BCUT2D eigenvalue weighted by molar-refractivity contribution is 6.07. The van der Waals surface area contributed by atoms with Gasteiger partial charge in [0.25, 0.3) is 0 Å². The quantitative estimate of drug-likeness (QED) is 0.357. The summed E-state index contributed by atoms with van der Waals surface area (Å²) >= 11 is 0. The zero-order valence-electron chi connectivity index (χ0n) is 17.2. The highest BCUT2D eigenvalue weighted by Crippen LogP contribution is 2.39. The molecule has 4 nitrogen and oxygen atoms in total. The molecule has 0 fully saturated rings. The molecule has 0 amide bonds. The third-order valence-electron chi connectivity index (χ3n) is 4.60. The van der Waals surface area contributed by atoms with Gasteiger partial charge in [-0.05, 0) is 56.3 Å². The SMILES string of the molecule is C=CC(C)(C)c1ccc(OC(C)C)c(C=CC(=O)c2ccc(NC)cc2)c1O. The number of ketones is 1. The molecule has 28 heavy (non-hydrogen) atoms. The van der Waals surface area contributed by atoms with E-state index >= 15 is 0 Å². The first-order chi connectivity index (χ1) is 13.2. The normalized spacial score (nSPS) is 11.6. The van der Waals surface area contributed by atoms with E-state index in [1.807, 2.05) is 59.0 Å². The fourth-order valence-electron chi connectivity index (χ4n) is 2.79. The molecular weight excluding hydrogens is 350 g/mol. The second-order valence-corrected chi connectivity index (χ2v) is 7.49. The average molecular weight is 380 g/mol. The number of rotatable bonds is 8. The van der Waals surface area contributed by atoms with Gasteiger partial charge in [0, 0.05) is 29.3 Å². The number of nitrogens with one attached hydrogen (secondary N) is 1. The van der Waals surface area contributed by atoms with Gasteiger partial charge in [-0.3, -0.25) is 4.79 Å². The number of anilines is 1. The van der Waals surface area contributed by atoms with Crippen molar-refractivity contribution in [1.29, 1.82) is 0 Å². The molecule has 0 saturated carbocycles. The fraction of sp³-hybridized carbons (Fsp3) is 0.292. The number of hydrogen-bond donors (Lipinski definition) is 2. The number of carbonyl (C=O) groups excluding carboxylic acids is 1. The van der Waals surface area contributed by atoms with Crippen LogP contribution in [0.1, 0.15) is 49.2 Å². The molecule has 2 rings (SSSR count). The standard InChI is InChI=1S/C24H29NO3/c1-7-24(4,5)20-13-15-22(28-16(2)3)19(23(20)27)12-14-21(26)17-8-10-18(25-6)11-9-17/h7-16,25,27H,1H2,2-6H3. The molecule has 2 N–H and O–H groups in total. The van der Waals surface area contributed by atoms with E-state index in [4.69, 9.17) is 4.74 Å². The molecule has 0 unspecified atom stereocenters. The van der Waals surface area contributed by atoms with Crippen LogP contribution in [0, 0.1) is 0 Å². The highest BCUT2D eigenvalue weighted by Gasteiger charge is 2.23. The number of hydrogen-bond acceptors (Lipinski definition) is 4. The number of allylic oxidation sites excluding steroid dienone is 2. The minimum Gasteiger partial charge on any atom is -0.507 e. The van der Waals surface area contributed by atoms with Crippen LogP contribution in [0.4, 0.5) is 5.69 Å². The van der Waals surface area contributed by atoms with E-state index in [0.29, 0.717) is 16.9 Å². The summed E-state index contributed by atoms with van der Waals surface area (Å²) in [5.41, 5.74) is 2.30. The first-order valence-corrected chi connectivity index (χ1v) is 9.36. The summed E-state index contributed by atoms with van der Waals surface area (Å²) in [5.74, 6) is 0.481. The monoisotopic (exact) mass is 379 g/mol. The number of ether oxygens (including phenoxy) is 1. The molecular formula is C24H29NO3. The Morgan fingerprint density at radius 3 is 2.36 bits per heavy atom. The molecule has 0 aromatic heterocycles. The van der Waals surface area contributed by atoms with Crippen LogP contribution < -0.4 is 10.1 Å². The van der Waals surface area contributed by atoms with Crippen molar-refractivity contribution in [1.82, 2.24) is 0 Å². The van der Waals surface area contributed by atoms with Gasteiger partial charge in [-0.1, -0.05) is 26.0 Å². The third kappa shape index (κ3) is 4.83. The summed E-state index contributed by atoms with van der Waals surface area (Å²) in [6, 6.07) is 10.9. The lowest BCUT2D eigenvalue weighted by Crippen LogP contribution is -2.14. The molecule has 0 bridgehead atoms. The van der Waals surface area contributed by atoms with Crippen LogP contribution in [0.2, 0.25) is 0 Å². The Morgan fingerprint density at radius 2 is 1.82 bits per heavy atom. The maximum atomic E-state index is 12.6.